The summed E-state index contributed by atoms with van der Waals surface area (Å²) in [5, 5.41) is 3.79. The van der Waals surface area contributed by atoms with E-state index in [0.717, 1.165) is 17.0 Å². The highest BCUT2D eigenvalue weighted by molar-refractivity contribution is 6.34. The number of amides is 2. The van der Waals surface area contributed by atoms with Gasteiger partial charge in [0.15, 0.2) is 0 Å². The second-order valence-electron chi connectivity index (χ2n) is 7.07. The first-order chi connectivity index (χ1) is 14.0. The Morgan fingerprint density at radius 2 is 1.83 bits per heavy atom. The van der Waals surface area contributed by atoms with E-state index in [-0.39, 0.29) is 27.9 Å². The Bertz CT molecular complexity index is 1100. The lowest BCUT2D eigenvalue weighted by Crippen LogP contribution is -2.42. The average Bonchev–Trinajstić information content (AvgIpc) is 3.23. The van der Waals surface area contributed by atoms with Crippen LogP contribution in [0.5, 0.6) is 0 Å². The van der Waals surface area contributed by atoms with Crippen LogP contribution in [0.2, 0.25) is 10.0 Å². The normalized spacial score (nSPS) is 20.8. The molecule has 0 aromatic heterocycles. The highest BCUT2D eigenvalue weighted by atomic mass is 35.5. The van der Waals surface area contributed by atoms with Crippen molar-refractivity contribution in [2.24, 2.45) is 5.16 Å². The number of benzene rings is 2. The third-order valence-electron chi connectivity index (χ3n) is 5.14. The number of carbonyl (C=O) groups is 2. The minimum absolute atomic E-state index is 0.0403. The van der Waals surface area contributed by atoms with E-state index in [1.807, 2.05) is 0 Å². The highest BCUT2D eigenvalue weighted by Gasteiger charge is 2.62. The van der Waals surface area contributed by atoms with Crippen molar-refractivity contribution in [1.29, 1.82) is 0 Å². The number of halogens is 5. The van der Waals surface area contributed by atoms with Crippen LogP contribution in [-0.4, -0.2) is 28.6 Å². The van der Waals surface area contributed by atoms with E-state index in [4.69, 9.17) is 28.0 Å². The van der Waals surface area contributed by atoms with Gasteiger partial charge in [0.05, 0.1) is 12.3 Å². The number of rotatable bonds is 2. The molecule has 2 aliphatic heterocycles. The van der Waals surface area contributed by atoms with Gasteiger partial charge in [-0.15, -0.1) is 0 Å². The topological polar surface area (TPSA) is 59.0 Å². The number of hydrogen-bond acceptors (Lipinski definition) is 4. The third-order valence-corrected chi connectivity index (χ3v) is 5.57. The van der Waals surface area contributed by atoms with Gasteiger partial charge < -0.3 is 4.84 Å². The lowest BCUT2D eigenvalue weighted by atomic mass is 9.86. The van der Waals surface area contributed by atoms with Crippen LogP contribution in [0, 0.1) is 0 Å². The molecule has 0 spiro atoms. The molecule has 0 fully saturated rings. The van der Waals surface area contributed by atoms with E-state index in [0.29, 0.717) is 16.7 Å². The van der Waals surface area contributed by atoms with Gasteiger partial charge in [0.2, 0.25) is 5.91 Å². The summed E-state index contributed by atoms with van der Waals surface area (Å²) >= 11 is 11.8. The van der Waals surface area contributed by atoms with Crippen molar-refractivity contribution in [2.75, 3.05) is 0 Å². The first-order valence-corrected chi connectivity index (χ1v) is 9.51. The summed E-state index contributed by atoms with van der Waals surface area (Å²) in [4.78, 5) is 29.9. The number of alkyl halides is 3. The fourth-order valence-corrected chi connectivity index (χ4v) is 4.13. The fraction of sp³-hybridized carbons (Fsp3) is 0.250. The summed E-state index contributed by atoms with van der Waals surface area (Å²) in [6.45, 7) is 1.33. The van der Waals surface area contributed by atoms with Crippen molar-refractivity contribution in [2.45, 2.75) is 31.7 Å². The predicted molar refractivity (Wildman–Crippen MR) is 103 cm³/mol. The molecule has 10 heteroatoms. The Morgan fingerprint density at radius 3 is 2.43 bits per heavy atom. The van der Waals surface area contributed by atoms with Gasteiger partial charge in [0.1, 0.15) is 0 Å². The van der Waals surface area contributed by atoms with E-state index >= 15 is 0 Å². The minimum atomic E-state index is -4.80. The molecule has 0 radical (unpaired) electrons. The number of nitrogens with zero attached hydrogens (tertiary/aromatic N) is 2. The largest absolute Gasteiger partial charge is 0.435 e. The van der Waals surface area contributed by atoms with Crippen LogP contribution in [0.25, 0.3) is 0 Å². The van der Waals surface area contributed by atoms with Gasteiger partial charge in [-0.05, 0) is 41.5 Å². The van der Waals surface area contributed by atoms with E-state index in [1.165, 1.54) is 25.1 Å². The zero-order chi connectivity index (χ0) is 21.8. The van der Waals surface area contributed by atoms with Crippen LogP contribution in [-0.2, 0) is 21.8 Å². The molecule has 0 aliphatic carbocycles. The maximum Gasteiger partial charge on any atom is 0.435 e. The second-order valence-corrected chi connectivity index (χ2v) is 7.94. The molecule has 0 N–H and O–H groups in total. The summed E-state index contributed by atoms with van der Waals surface area (Å²) in [6.07, 6.45) is -5.40. The second kappa shape index (κ2) is 6.99. The first kappa shape index (κ1) is 20.7. The predicted octanol–water partition coefficient (Wildman–Crippen LogP) is 5.08. The van der Waals surface area contributed by atoms with Crippen LogP contribution in [0.15, 0.2) is 41.6 Å². The standard InChI is InChI=1S/C20H13Cl2F3N2O3/c1-10(28)27-9-12-4-11(2-3-16(12)18(27)29)17-8-19(30-26-17,20(23,24)25)13-5-14(21)7-15(22)6-13/h2-7H,8-9H2,1H3. The number of imide groups is 1. The molecule has 156 valence electrons. The van der Waals surface area contributed by atoms with Gasteiger partial charge in [0, 0.05) is 34.5 Å². The van der Waals surface area contributed by atoms with Crippen LogP contribution in [0.3, 0.4) is 0 Å². The van der Waals surface area contributed by atoms with Gasteiger partial charge >= 0.3 is 6.18 Å². The molecule has 0 bridgehead atoms. The number of oxime groups is 1. The average molecular weight is 457 g/mol. The first-order valence-electron chi connectivity index (χ1n) is 8.76. The Morgan fingerprint density at radius 1 is 1.17 bits per heavy atom. The molecule has 0 saturated heterocycles. The SMILES string of the molecule is CC(=O)N1Cc2cc(C3=NOC(c4cc(Cl)cc(Cl)c4)(C(F)(F)F)C3)ccc2C1=O. The molecule has 1 unspecified atom stereocenters. The molecule has 2 aliphatic rings. The molecule has 2 aromatic carbocycles. The number of fused-ring (bicyclic) bond motifs is 1. The lowest BCUT2D eigenvalue weighted by molar-refractivity contribution is -0.275. The van der Waals surface area contributed by atoms with E-state index in [9.17, 15) is 22.8 Å². The molecular formula is C20H13Cl2F3N2O3. The summed E-state index contributed by atoms with van der Waals surface area (Å²) in [7, 11) is 0. The van der Waals surface area contributed by atoms with Crippen molar-refractivity contribution in [1.82, 2.24) is 4.90 Å². The Kier molecular flexibility index (Phi) is 4.82. The zero-order valence-electron chi connectivity index (χ0n) is 15.4. The van der Waals surface area contributed by atoms with E-state index in [2.05, 4.69) is 5.16 Å². The maximum absolute atomic E-state index is 14.1. The van der Waals surface area contributed by atoms with Gasteiger partial charge in [-0.2, -0.15) is 13.2 Å². The monoisotopic (exact) mass is 456 g/mol. The molecular weight excluding hydrogens is 444 g/mol. The van der Waals surface area contributed by atoms with E-state index in [1.54, 1.807) is 6.07 Å². The van der Waals surface area contributed by atoms with Crippen molar-refractivity contribution in [3.63, 3.8) is 0 Å². The molecule has 1 atom stereocenters. The van der Waals surface area contributed by atoms with Gasteiger partial charge in [-0.3, -0.25) is 14.5 Å². The molecule has 5 nitrogen and oxygen atoms in total. The summed E-state index contributed by atoms with van der Waals surface area (Å²) in [5.74, 6) is -0.847. The summed E-state index contributed by atoms with van der Waals surface area (Å²) in [6, 6.07) is 8.13. The summed E-state index contributed by atoms with van der Waals surface area (Å²) in [5.41, 5.74) is -1.71. The molecule has 2 heterocycles. The Hall–Kier alpha value is -2.58. The van der Waals surface area contributed by atoms with E-state index < -0.39 is 30.0 Å². The maximum atomic E-state index is 14.1. The third kappa shape index (κ3) is 3.24. The van der Waals surface area contributed by atoms with Crippen molar-refractivity contribution >= 4 is 40.7 Å². The molecule has 2 aromatic rings. The van der Waals surface area contributed by atoms with Gasteiger partial charge in [0.25, 0.3) is 11.5 Å². The van der Waals surface area contributed by atoms with Crippen LogP contribution >= 0.6 is 23.2 Å². The van der Waals surface area contributed by atoms with Crippen molar-refractivity contribution < 1.29 is 27.6 Å². The smallest absolute Gasteiger partial charge is 0.374 e. The van der Waals surface area contributed by atoms with Crippen LogP contribution in [0.4, 0.5) is 13.2 Å². The molecule has 30 heavy (non-hydrogen) atoms. The number of carbonyl (C=O) groups excluding carboxylic acids is 2. The molecule has 2 amide bonds. The van der Waals surface area contributed by atoms with Gasteiger partial charge in [-0.1, -0.05) is 34.4 Å². The minimum Gasteiger partial charge on any atom is -0.374 e. The lowest BCUT2D eigenvalue weighted by Gasteiger charge is -2.29. The van der Waals surface area contributed by atoms with Crippen molar-refractivity contribution in [3.8, 4) is 0 Å². The molecule has 0 saturated carbocycles. The zero-order valence-corrected chi connectivity index (χ0v) is 16.9. The van der Waals surface area contributed by atoms with Gasteiger partial charge in [-0.25, -0.2) is 0 Å². The fourth-order valence-electron chi connectivity index (χ4n) is 3.60. The Balaban J connectivity index is 1.70. The quantitative estimate of drug-likeness (QED) is 0.633. The Labute approximate surface area is 179 Å². The van der Waals surface area contributed by atoms with Crippen LogP contribution in [0.1, 0.15) is 40.4 Å². The van der Waals surface area contributed by atoms with Crippen molar-refractivity contribution in [3.05, 3.63) is 68.7 Å². The molecule has 4 rings (SSSR count). The highest BCUT2D eigenvalue weighted by Crippen LogP contribution is 2.49. The number of hydrogen-bond donors (Lipinski definition) is 0. The van der Waals surface area contributed by atoms with Crippen LogP contribution < -0.4 is 0 Å². The summed E-state index contributed by atoms with van der Waals surface area (Å²) < 4.78 is 42.3.